The topological polar surface area (TPSA) is 136 Å². The van der Waals surface area contributed by atoms with Crippen LogP contribution in [-0.4, -0.2) is 61.9 Å². The van der Waals surface area contributed by atoms with E-state index in [0.29, 0.717) is 12.1 Å². The van der Waals surface area contributed by atoms with Gasteiger partial charge in [-0.25, -0.2) is 18.0 Å². The van der Waals surface area contributed by atoms with Crippen LogP contribution in [0.4, 0.5) is 10.5 Å². The van der Waals surface area contributed by atoms with Gasteiger partial charge in [0.25, 0.3) is 5.91 Å². The van der Waals surface area contributed by atoms with Crippen LogP contribution < -0.4 is 11.1 Å². The van der Waals surface area contributed by atoms with E-state index in [4.69, 9.17) is 10.5 Å². The summed E-state index contributed by atoms with van der Waals surface area (Å²) < 4.78 is 28.2. The summed E-state index contributed by atoms with van der Waals surface area (Å²) in [4.78, 5) is 36.6. The predicted molar refractivity (Wildman–Crippen MR) is 94.4 cm³/mol. The summed E-state index contributed by atoms with van der Waals surface area (Å²) in [5.41, 5.74) is 5.61. The number of amides is 3. The van der Waals surface area contributed by atoms with E-state index in [1.54, 1.807) is 0 Å². The number of primary amides is 1. The molecule has 0 spiro atoms. The first-order chi connectivity index (χ1) is 12.1. The number of esters is 1. The maximum absolute atomic E-state index is 12.4. The summed E-state index contributed by atoms with van der Waals surface area (Å²) >= 11 is 0. The highest BCUT2D eigenvalue weighted by atomic mass is 32.2. The van der Waals surface area contributed by atoms with Gasteiger partial charge in [0.2, 0.25) is 0 Å². The monoisotopic (exact) mass is 383 g/mol. The molecule has 1 aliphatic heterocycles. The molecule has 1 aliphatic rings. The van der Waals surface area contributed by atoms with E-state index in [1.165, 1.54) is 43.1 Å². The van der Waals surface area contributed by atoms with Crippen LogP contribution in [0, 0.1) is 0 Å². The van der Waals surface area contributed by atoms with Gasteiger partial charge in [-0.15, -0.1) is 0 Å². The van der Waals surface area contributed by atoms with Gasteiger partial charge < -0.3 is 20.7 Å². The Bertz CT molecular complexity index is 806. The third-order valence-corrected chi connectivity index (χ3v) is 5.87. The van der Waals surface area contributed by atoms with Gasteiger partial charge in [0, 0.05) is 18.8 Å². The number of sulfone groups is 1. The number of carbonyl (C=O) groups excluding carboxylic acids is 3. The zero-order chi connectivity index (χ0) is 19.5. The maximum Gasteiger partial charge on any atom is 0.338 e. The number of nitrogens with two attached hydrogens (primary N) is 1. The minimum Gasteiger partial charge on any atom is -0.449 e. The Morgan fingerprint density at radius 1 is 1.27 bits per heavy atom. The standard InChI is InChI=1S/C16H21N3O6S/c1-10(14(20)19(2)13-7-8-26(23,24)9-13)25-15(21)11-3-5-12(6-4-11)18-16(17)22/h3-6,10,13H,7-9H2,1-2H3,(H3,17,18,22)/t10-,13-/m0/s1. The van der Waals surface area contributed by atoms with E-state index >= 15 is 0 Å². The molecule has 0 aliphatic carbocycles. The predicted octanol–water partition coefficient (Wildman–Crippen LogP) is 0.368. The molecule has 10 heteroatoms. The van der Waals surface area contributed by atoms with Crippen molar-refractivity contribution in [3.63, 3.8) is 0 Å². The number of ether oxygens (including phenoxy) is 1. The second kappa shape index (κ2) is 7.73. The van der Waals surface area contributed by atoms with Crippen LogP contribution in [-0.2, 0) is 19.4 Å². The lowest BCUT2D eigenvalue weighted by Gasteiger charge is -2.26. The maximum atomic E-state index is 12.4. The zero-order valence-corrected chi connectivity index (χ0v) is 15.3. The van der Waals surface area contributed by atoms with Crippen molar-refractivity contribution in [3.05, 3.63) is 29.8 Å². The van der Waals surface area contributed by atoms with Gasteiger partial charge in [0.05, 0.1) is 17.1 Å². The van der Waals surface area contributed by atoms with Crippen molar-refractivity contribution >= 4 is 33.4 Å². The number of likely N-dealkylation sites (N-methyl/N-ethyl adjacent to an activating group) is 1. The number of rotatable bonds is 5. The number of anilines is 1. The molecule has 2 rings (SSSR count). The summed E-state index contributed by atoms with van der Waals surface area (Å²) in [7, 11) is -1.62. The average molecular weight is 383 g/mol. The van der Waals surface area contributed by atoms with Crippen molar-refractivity contribution in [3.8, 4) is 0 Å². The zero-order valence-electron chi connectivity index (χ0n) is 14.5. The van der Waals surface area contributed by atoms with Crippen LogP contribution in [0.3, 0.4) is 0 Å². The molecule has 1 heterocycles. The number of nitrogens with one attached hydrogen (secondary N) is 1. The van der Waals surface area contributed by atoms with Crippen LogP contribution in [0.2, 0.25) is 0 Å². The van der Waals surface area contributed by atoms with E-state index < -0.39 is 39.9 Å². The lowest BCUT2D eigenvalue weighted by Crippen LogP contribution is -2.44. The highest BCUT2D eigenvalue weighted by Gasteiger charge is 2.35. The molecular formula is C16H21N3O6S. The molecule has 0 saturated carbocycles. The average Bonchev–Trinajstić information content (AvgIpc) is 2.93. The summed E-state index contributed by atoms with van der Waals surface area (Å²) in [6.07, 6.45) is -0.682. The van der Waals surface area contributed by atoms with Crippen LogP contribution in [0.25, 0.3) is 0 Å². The Hall–Kier alpha value is -2.62. The molecule has 1 fully saturated rings. The third-order valence-electron chi connectivity index (χ3n) is 4.12. The molecule has 0 bridgehead atoms. The van der Waals surface area contributed by atoms with Crippen molar-refractivity contribution in [2.75, 3.05) is 23.9 Å². The van der Waals surface area contributed by atoms with Crippen molar-refractivity contribution < 1.29 is 27.5 Å². The minimum atomic E-state index is -3.12. The number of hydrogen-bond donors (Lipinski definition) is 2. The summed E-state index contributed by atoms with van der Waals surface area (Å²) in [6.45, 7) is 1.43. The second-order valence-electron chi connectivity index (χ2n) is 6.12. The van der Waals surface area contributed by atoms with Gasteiger partial charge >= 0.3 is 12.0 Å². The molecule has 3 N–H and O–H groups in total. The van der Waals surface area contributed by atoms with Gasteiger partial charge in [-0.05, 0) is 37.6 Å². The first kappa shape index (κ1) is 19.7. The van der Waals surface area contributed by atoms with Crippen molar-refractivity contribution in [2.45, 2.75) is 25.5 Å². The molecule has 3 amide bonds. The number of benzene rings is 1. The summed E-state index contributed by atoms with van der Waals surface area (Å²) in [5, 5.41) is 2.36. The van der Waals surface area contributed by atoms with Crippen molar-refractivity contribution in [2.24, 2.45) is 5.73 Å². The number of hydrogen-bond acceptors (Lipinski definition) is 6. The Balaban J connectivity index is 1.95. The van der Waals surface area contributed by atoms with Crippen LogP contribution in [0.5, 0.6) is 0 Å². The lowest BCUT2D eigenvalue weighted by molar-refractivity contribution is -0.140. The van der Waals surface area contributed by atoms with Crippen molar-refractivity contribution in [1.29, 1.82) is 0 Å². The molecule has 1 aromatic rings. The molecule has 9 nitrogen and oxygen atoms in total. The van der Waals surface area contributed by atoms with E-state index in [9.17, 15) is 22.8 Å². The smallest absolute Gasteiger partial charge is 0.338 e. The number of nitrogens with zero attached hydrogens (tertiary/aromatic N) is 1. The first-order valence-corrected chi connectivity index (χ1v) is 9.76. The van der Waals surface area contributed by atoms with Gasteiger partial charge in [0.1, 0.15) is 0 Å². The lowest BCUT2D eigenvalue weighted by atomic mass is 10.2. The molecule has 0 aromatic heterocycles. The van der Waals surface area contributed by atoms with Crippen LogP contribution in [0.15, 0.2) is 24.3 Å². The molecule has 1 aromatic carbocycles. The quantitative estimate of drug-likeness (QED) is 0.705. The van der Waals surface area contributed by atoms with Gasteiger partial charge in [-0.3, -0.25) is 4.79 Å². The van der Waals surface area contributed by atoms with Gasteiger partial charge in [0.15, 0.2) is 15.9 Å². The van der Waals surface area contributed by atoms with E-state index in [0.717, 1.165) is 0 Å². The molecule has 0 unspecified atom stereocenters. The molecule has 1 saturated heterocycles. The summed E-state index contributed by atoms with van der Waals surface area (Å²) in [6, 6.07) is 4.67. The molecule has 26 heavy (non-hydrogen) atoms. The Morgan fingerprint density at radius 2 is 1.88 bits per heavy atom. The second-order valence-corrected chi connectivity index (χ2v) is 8.35. The Labute approximate surface area is 151 Å². The first-order valence-electron chi connectivity index (χ1n) is 7.93. The number of urea groups is 1. The SMILES string of the molecule is C[C@H](OC(=O)c1ccc(NC(N)=O)cc1)C(=O)N(C)[C@H]1CCS(=O)(=O)C1. The highest BCUT2D eigenvalue weighted by Crippen LogP contribution is 2.18. The van der Waals surface area contributed by atoms with Crippen LogP contribution in [0.1, 0.15) is 23.7 Å². The van der Waals surface area contributed by atoms with E-state index in [-0.39, 0.29) is 17.1 Å². The fraction of sp³-hybridized carbons (Fsp3) is 0.438. The highest BCUT2D eigenvalue weighted by molar-refractivity contribution is 7.91. The fourth-order valence-corrected chi connectivity index (χ4v) is 4.43. The van der Waals surface area contributed by atoms with E-state index in [2.05, 4.69) is 5.32 Å². The largest absolute Gasteiger partial charge is 0.449 e. The molecule has 2 atom stereocenters. The van der Waals surface area contributed by atoms with E-state index in [1.807, 2.05) is 0 Å². The van der Waals surface area contributed by atoms with Crippen LogP contribution >= 0.6 is 0 Å². The molecule has 142 valence electrons. The Morgan fingerprint density at radius 3 is 2.38 bits per heavy atom. The Kier molecular flexibility index (Phi) is 5.86. The number of carbonyl (C=O) groups is 3. The molecular weight excluding hydrogens is 362 g/mol. The normalized spacial score (nSPS) is 19.4. The summed E-state index contributed by atoms with van der Waals surface area (Å²) in [5.74, 6) is -1.20. The van der Waals surface area contributed by atoms with Gasteiger partial charge in [-0.1, -0.05) is 0 Å². The van der Waals surface area contributed by atoms with Gasteiger partial charge in [-0.2, -0.15) is 0 Å². The molecule has 0 radical (unpaired) electrons. The van der Waals surface area contributed by atoms with Crippen molar-refractivity contribution in [1.82, 2.24) is 4.90 Å². The minimum absolute atomic E-state index is 0.0507. The third kappa shape index (κ3) is 4.94. The fourth-order valence-electron chi connectivity index (χ4n) is 2.66.